The highest BCUT2D eigenvalue weighted by Gasteiger charge is 2.31. The fraction of sp³-hybridized carbons (Fsp3) is 0.409. The van der Waals surface area contributed by atoms with Crippen molar-refractivity contribution in [3.05, 3.63) is 65.5 Å². The molecule has 3 rings (SSSR count). The molecule has 1 saturated heterocycles. The SMILES string of the molecule is C[C@H](C(=O)NCCc1ccc(F)cc1)N1CCN(c2cccc(C(F)(F)F)c2)CC1. The monoisotopic (exact) mass is 423 g/mol. The molecule has 0 saturated carbocycles. The molecule has 1 N–H and O–H groups in total. The summed E-state index contributed by atoms with van der Waals surface area (Å²) < 4.78 is 51.7. The van der Waals surface area contributed by atoms with Gasteiger partial charge in [-0.25, -0.2) is 4.39 Å². The zero-order chi connectivity index (χ0) is 21.7. The molecule has 0 aromatic heterocycles. The van der Waals surface area contributed by atoms with E-state index >= 15 is 0 Å². The molecule has 0 bridgehead atoms. The number of carbonyl (C=O) groups is 1. The summed E-state index contributed by atoms with van der Waals surface area (Å²) in [5, 5.41) is 2.90. The maximum atomic E-state index is 12.9. The number of nitrogens with zero attached hydrogens (tertiary/aromatic N) is 2. The molecule has 2 aromatic carbocycles. The first-order chi connectivity index (χ1) is 14.2. The summed E-state index contributed by atoms with van der Waals surface area (Å²) in [7, 11) is 0. The van der Waals surface area contributed by atoms with Crippen LogP contribution in [-0.4, -0.2) is 49.6 Å². The Labute approximate surface area is 173 Å². The summed E-state index contributed by atoms with van der Waals surface area (Å²) in [5.41, 5.74) is 0.830. The molecule has 1 amide bonds. The van der Waals surface area contributed by atoms with Gasteiger partial charge in [-0.2, -0.15) is 13.2 Å². The van der Waals surface area contributed by atoms with Crippen LogP contribution in [0.15, 0.2) is 48.5 Å². The van der Waals surface area contributed by atoms with E-state index in [0.717, 1.165) is 11.6 Å². The van der Waals surface area contributed by atoms with Gasteiger partial charge in [-0.1, -0.05) is 18.2 Å². The van der Waals surface area contributed by atoms with Crippen molar-refractivity contribution in [2.24, 2.45) is 0 Å². The van der Waals surface area contributed by atoms with E-state index in [9.17, 15) is 22.4 Å². The molecule has 1 aliphatic heterocycles. The predicted molar refractivity (Wildman–Crippen MR) is 108 cm³/mol. The largest absolute Gasteiger partial charge is 0.416 e. The molecule has 0 spiro atoms. The van der Waals surface area contributed by atoms with E-state index < -0.39 is 11.7 Å². The fourth-order valence-corrected chi connectivity index (χ4v) is 3.54. The van der Waals surface area contributed by atoms with Crippen molar-refractivity contribution >= 4 is 11.6 Å². The average Bonchev–Trinajstić information content (AvgIpc) is 2.74. The molecule has 2 aromatic rings. The first kappa shape index (κ1) is 22.1. The van der Waals surface area contributed by atoms with Gasteiger partial charge in [-0.05, 0) is 49.2 Å². The molecule has 1 fully saturated rings. The first-order valence-corrected chi connectivity index (χ1v) is 9.92. The van der Waals surface area contributed by atoms with Crippen LogP contribution in [0.25, 0.3) is 0 Å². The van der Waals surface area contributed by atoms with Crippen molar-refractivity contribution in [3.8, 4) is 0 Å². The van der Waals surface area contributed by atoms with E-state index in [0.29, 0.717) is 44.8 Å². The van der Waals surface area contributed by atoms with Crippen molar-refractivity contribution in [3.63, 3.8) is 0 Å². The van der Waals surface area contributed by atoms with E-state index in [1.54, 1.807) is 18.2 Å². The van der Waals surface area contributed by atoms with Crippen LogP contribution >= 0.6 is 0 Å². The minimum atomic E-state index is -4.36. The number of hydrogen-bond donors (Lipinski definition) is 1. The third-order valence-corrected chi connectivity index (χ3v) is 5.41. The van der Waals surface area contributed by atoms with E-state index in [4.69, 9.17) is 0 Å². The zero-order valence-corrected chi connectivity index (χ0v) is 16.8. The third kappa shape index (κ3) is 5.72. The van der Waals surface area contributed by atoms with Gasteiger partial charge < -0.3 is 10.2 Å². The topological polar surface area (TPSA) is 35.6 Å². The summed E-state index contributed by atoms with van der Waals surface area (Å²) in [6.07, 6.45) is -3.75. The Morgan fingerprint density at radius 3 is 2.37 bits per heavy atom. The predicted octanol–water partition coefficient (Wildman–Crippen LogP) is 3.71. The highest BCUT2D eigenvalue weighted by Crippen LogP contribution is 2.31. The van der Waals surface area contributed by atoms with Crippen LogP contribution in [0.2, 0.25) is 0 Å². The molecule has 0 unspecified atom stereocenters. The Hall–Kier alpha value is -2.61. The number of anilines is 1. The molecule has 0 aliphatic carbocycles. The summed E-state index contributed by atoms with van der Waals surface area (Å²) in [5.74, 6) is -0.384. The van der Waals surface area contributed by atoms with Gasteiger partial charge in [0.25, 0.3) is 0 Å². The first-order valence-electron chi connectivity index (χ1n) is 9.92. The Bertz CT molecular complexity index is 846. The molecule has 162 valence electrons. The lowest BCUT2D eigenvalue weighted by atomic mass is 10.1. The summed E-state index contributed by atoms with van der Waals surface area (Å²) in [4.78, 5) is 16.4. The number of hydrogen-bond acceptors (Lipinski definition) is 3. The van der Waals surface area contributed by atoms with E-state index in [1.807, 2.05) is 16.7 Å². The van der Waals surface area contributed by atoms with Crippen LogP contribution in [0.3, 0.4) is 0 Å². The number of benzene rings is 2. The molecular weight excluding hydrogens is 398 g/mol. The van der Waals surface area contributed by atoms with Gasteiger partial charge in [-0.15, -0.1) is 0 Å². The lowest BCUT2D eigenvalue weighted by molar-refractivity contribution is -0.137. The normalized spacial score (nSPS) is 16.4. The van der Waals surface area contributed by atoms with E-state index in [1.165, 1.54) is 24.3 Å². The number of piperazine rings is 1. The number of nitrogens with one attached hydrogen (secondary N) is 1. The lowest BCUT2D eigenvalue weighted by Gasteiger charge is -2.38. The minimum absolute atomic E-state index is 0.0929. The van der Waals surface area contributed by atoms with Crippen molar-refractivity contribution < 1.29 is 22.4 Å². The number of amides is 1. The number of halogens is 4. The third-order valence-electron chi connectivity index (χ3n) is 5.41. The minimum Gasteiger partial charge on any atom is -0.369 e. The fourth-order valence-electron chi connectivity index (χ4n) is 3.54. The van der Waals surface area contributed by atoms with Gasteiger partial charge in [0.15, 0.2) is 0 Å². The van der Waals surface area contributed by atoms with Crippen molar-refractivity contribution in [1.82, 2.24) is 10.2 Å². The second-order valence-electron chi connectivity index (χ2n) is 7.41. The highest BCUT2D eigenvalue weighted by atomic mass is 19.4. The molecular formula is C22H25F4N3O. The Kier molecular flexibility index (Phi) is 6.97. The molecule has 1 heterocycles. The van der Waals surface area contributed by atoms with Crippen LogP contribution in [0.5, 0.6) is 0 Å². The molecule has 0 radical (unpaired) electrons. The van der Waals surface area contributed by atoms with Crippen molar-refractivity contribution in [1.29, 1.82) is 0 Å². The van der Waals surface area contributed by atoms with Crippen molar-refractivity contribution in [2.45, 2.75) is 25.6 Å². The standard InChI is InChI=1S/C22H25F4N3O/c1-16(21(30)27-10-9-17-5-7-19(23)8-6-17)28-11-13-29(14-12-28)20-4-2-3-18(15-20)22(24,25)26/h2-8,15-16H,9-14H2,1H3,(H,27,30)/t16-/m1/s1. The Balaban J connectivity index is 1.47. The molecule has 4 nitrogen and oxygen atoms in total. The van der Waals surface area contributed by atoms with Gasteiger partial charge in [0.05, 0.1) is 11.6 Å². The average molecular weight is 423 g/mol. The maximum absolute atomic E-state index is 12.9. The molecule has 8 heteroatoms. The van der Waals surface area contributed by atoms with Gasteiger partial charge in [0.2, 0.25) is 5.91 Å². The van der Waals surface area contributed by atoms with E-state index in [2.05, 4.69) is 5.32 Å². The number of rotatable bonds is 6. The molecule has 1 atom stereocenters. The summed E-state index contributed by atoms with van der Waals surface area (Å²) in [6, 6.07) is 11.2. The quantitative estimate of drug-likeness (QED) is 0.720. The van der Waals surface area contributed by atoms with Crippen LogP contribution in [-0.2, 0) is 17.4 Å². The van der Waals surface area contributed by atoms with Crippen LogP contribution in [0.1, 0.15) is 18.1 Å². The lowest BCUT2D eigenvalue weighted by Crippen LogP contribution is -2.54. The molecule has 30 heavy (non-hydrogen) atoms. The number of carbonyl (C=O) groups excluding carboxylic acids is 1. The number of alkyl halides is 3. The zero-order valence-electron chi connectivity index (χ0n) is 16.8. The Morgan fingerprint density at radius 1 is 1.07 bits per heavy atom. The summed E-state index contributed by atoms with van der Waals surface area (Å²) >= 11 is 0. The van der Waals surface area contributed by atoms with Crippen LogP contribution < -0.4 is 10.2 Å². The van der Waals surface area contributed by atoms with Gasteiger partial charge in [0, 0.05) is 38.4 Å². The smallest absolute Gasteiger partial charge is 0.369 e. The van der Waals surface area contributed by atoms with Crippen LogP contribution in [0, 0.1) is 5.82 Å². The van der Waals surface area contributed by atoms with Gasteiger partial charge >= 0.3 is 6.18 Å². The Morgan fingerprint density at radius 2 is 1.73 bits per heavy atom. The van der Waals surface area contributed by atoms with Crippen LogP contribution in [0.4, 0.5) is 23.2 Å². The van der Waals surface area contributed by atoms with Crippen molar-refractivity contribution in [2.75, 3.05) is 37.6 Å². The van der Waals surface area contributed by atoms with E-state index in [-0.39, 0.29) is 17.8 Å². The maximum Gasteiger partial charge on any atom is 0.416 e. The highest BCUT2D eigenvalue weighted by molar-refractivity contribution is 5.81. The molecule has 1 aliphatic rings. The van der Waals surface area contributed by atoms with Gasteiger partial charge in [0.1, 0.15) is 5.82 Å². The second kappa shape index (κ2) is 9.47. The van der Waals surface area contributed by atoms with Gasteiger partial charge in [-0.3, -0.25) is 9.69 Å². The second-order valence-corrected chi connectivity index (χ2v) is 7.41. The summed E-state index contributed by atoms with van der Waals surface area (Å²) in [6.45, 7) is 4.56.